The van der Waals surface area contributed by atoms with Crippen molar-refractivity contribution in [2.45, 2.75) is 31.6 Å². The van der Waals surface area contributed by atoms with Gasteiger partial charge in [0.2, 0.25) is 10.0 Å². The van der Waals surface area contributed by atoms with Gasteiger partial charge in [-0.2, -0.15) is 0 Å². The number of sulfonamides is 1. The van der Waals surface area contributed by atoms with E-state index in [1.54, 1.807) is 18.2 Å². The highest BCUT2D eigenvalue weighted by Crippen LogP contribution is 2.28. The number of aryl methyl sites for hydroxylation is 1. The molecule has 1 saturated heterocycles. The van der Waals surface area contributed by atoms with Gasteiger partial charge in [-0.25, -0.2) is 13.1 Å². The summed E-state index contributed by atoms with van der Waals surface area (Å²) in [7, 11) is -3.55. The molecule has 0 saturated carbocycles. The van der Waals surface area contributed by atoms with Crippen molar-refractivity contribution in [1.82, 2.24) is 10.0 Å². The number of nitrogens with one attached hydrogen (secondary N) is 2. The van der Waals surface area contributed by atoms with Crippen LogP contribution in [-0.4, -0.2) is 28.1 Å². The summed E-state index contributed by atoms with van der Waals surface area (Å²) in [4.78, 5) is 0.164. The van der Waals surface area contributed by atoms with Crippen LogP contribution in [0.2, 0.25) is 5.02 Å². The standard InChI is InChI=1S/C14H21ClN2O2S.ClH/c1-11-3-4-12(15)13(9-11)20(18,19)17-10-14(2)5-7-16-8-6-14;/h3-4,9,16-17H,5-8,10H2,1-2H3;1H. The molecule has 0 aliphatic carbocycles. The molecule has 7 heteroatoms. The van der Waals surface area contributed by atoms with Crippen LogP contribution in [-0.2, 0) is 10.0 Å². The fraction of sp³-hybridized carbons (Fsp3) is 0.571. The minimum Gasteiger partial charge on any atom is -0.317 e. The summed E-state index contributed by atoms with van der Waals surface area (Å²) in [5.41, 5.74) is 0.886. The fourth-order valence-corrected chi connectivity index (χ4v) is 4.15. The van der Waals surface area contributed by atoms with Crippen LogP contribution in [0.3, 0.4) is 0 Å². The molecule has 0 bridgehead atoms. The predicted molar refractivity (Wildman–Crippen MR) is 88.8 cm³/mol. The van der Waals surface area contributed by atoms with Crippen molar-refractivity contribution in [2.75, 3.05) is 19.6 Å². The zero-order valence-corrected chi connectivity index (χ0v) is 14.7. The molecule has 0 radical (unpaired) electrons. The van der Waals surface area contributed by atoms with Gasteiger partial charge in [-0.05, 0) is 56.0 Å². The van der Waals surface area contributed by atoms with Gasteiger partial charge in [-0.3, -0.25) is 0 Å². The Bertz CT molecular complexity index is 585. The van der Waals surface area contributed by atoms with E-state index in [4.69, 9.17) is 11.6 Å². The van der Waals surface area contributed by atoms with Crippen molar-refractivity contribution in [1.29, 1.82) is 0 Å². The van der Waals surface area contributed by atoms with E-state index >= 15 is 0 Å². The first-order chi connectivity index (χ1) is 9.32. The van der Waals surface area contributed by atoms with E-state index in [2.05, 4.69) is 17.0 Å². The Hall–Kier alpha value is -0.330. The van der Waals surface area contributed by atoms with Crippen LogP contribution in [0.25, 0.3) is 0 Å². The average Bonchev–Trinajstić information content (AvgIpc) is 2.40. The number of piperidine rings is 1. The first-order valence-corrected chi connectivity index (χ1v) is 8.65. The molecule has 1 aliphatic rings. The van der Waals surface area contributed by atoms with Crippen molar-refractivity contribution in [3.05, 3.63) is 28.8 Å². The molecule has 0 unspecified atom stereocenters. The van der Waals surface area contributed by atoms with Gasteiger partial charge in [-0.1, -0.05) is 24.6 Å². The summed E-state index contributed by atoms with van der Waals surface area (Å²) < 4.78 is 27.5. The lowest BCUT2D eigenvalue weighted by atomic mass is 9.81. The smallest absolute Gasteiger partial charge is 0.242 e. The molecule has 21 heavy (non-hydrogen) atoms. The minimum absolute atomic E-state index is 0. The molecule has 0 aromatic heterocycles. The highest BCUT2D eigenvalue weighted by Gasteiger charge is 2.29. The molecule has 1 aromatic carbocycles. The average molecular weight is 353 g/mol. The van der Waals surface area contributed by atoms with Gasteiger partial charge in [-0.15, -0.1) is 12.4 Å². The van der Waals surface area contributed by atoms with Crippen molar-refractivity contribution in [2.24, 2.45) is 5.41 Å². The molecule has 0 amide bonds. The first kappa shape index (κ1) is 18.7. The Morgan fingerprint density at radius 1 is 1.33 bits per heavy atom. The Morgan fingerprint density at radius 3 is 2.57 bits per heavy atom. The summed E-state index contributed by atoms with van der Waals surface area (Å²) in [5.74, 6) is 0. The third kappa shape index (κ3) is 4.83. The third-order valence-electron chi connectivity index (χ3n) is 3.88. The van der Waals surface area contributed by atoms with Gasteiger partial charge in [0.05, 0.1) is 5.02 Å². The second kappa shape index (κ2) is 7.29. The number of halogens is 2. The molecular formula is C14H22Cl2N2O2S. The normalized spacial score (nSPS) is 18.0. The van der Waals surface area contributed by atoms with Crippen LogP contribution < -0.4 is 10.0 Å². The fourth-order valence-electron chi connectivity index (χ4n) is 2.37. The Morgan fingerprint density at radius 2 is 1.95 bits per heavy atom. The second-order valence-corrected chi connectivity index (χ2v) is 7.96. The van der Waals surface area contributed by atoms with E-state index in [0.717, 1.165) is 31.5 Å². The van der Waals surface area contributed by atoms with Crippen molar-refractivity contribution < 1.29 is 8.42 Å². The molecule has 1 heterocycles. The Kier molecular flexibility index (Phi) is 6.50. The van der Waals surface area contributed by atoms with E-state index in [9.17, 15) is 8.42 Å². The van der Waals surface area contributed by atoms with Crippen LogP contribution >= 0.6 is 24.0 Å². The third-order valence-corrected chi connectivity index (χ3v) is 5.76. The lowest BCUT2D eigenvalue weighted by molar-refractivity contribution is 0.232. The van der Waals surface area contributed by atoms with Crippen molar-refractivity contribution in [3.63, 3.8) is 0 Å². The number of hydrogen-bond donors (Lipinski definition) is 2. The highest BCUT2D eigenvalue weighted by atomic mass is 35.5. The monoisotopic (exact) mass is 352 g/mol. The predicted octanol–water partition coefficient (Wildman–Crippen LogP) is 2.74. The van der Waals surface area contributed by atoms with Gasteiger partial charge < -0.3 is 5.32 Å². The zero-order chi connectivity index (χ0) is 14.8. The Balaban J connectivity index is 0.00000220. The maximum atomic E-state index is 12.4. The van der Waals surface area contributed by atoms with E-state index in [1.165, 1.54) is 0 Å². The number of benzene rings is 1. The van der Waals surface area contributed by atoms with Gasteiger partial charge in [0.15, 0.2) is 0 Å². The van der Waals surface area contributed by atoms with E-state index in [1.807, 2.05) is 6.92 Å². The molecule has 0 atom stereocenters. The topological polar surface area (TPSA) is 58.2 Å². The summed E-state index contributed by atoms with van der Waals surface area (Å²) in [6, 6.07) is 5.03. The molecule has 1 aliphatic heterocycles. The van der Waals surface area contributed by atoms with Crippen molar-refractivity contribution >= 4 is 34.0 Å². The van der Waals surface area contributed by atoms with Crippen LogP contribution in [0, 0.1) is 12.3 Å². The molecule has 2 N–H and O–H groups in total. The lowest BCUT2D eigenvalue weighted by Gasteiger charge is -2.34. The number of hydrogen-bond acceptors (Lipinski definition) is 3. The summed E-state index contributed by atoms with van der Waals surface area (Å²) in [6.45, 7) is 6.28. The maximum absolute atomic E-state index is 12.4. The first-order valence-electron chi connectivity index (χ1n) is 6.79. The zero-order valence-electron chi connectivity index (χ0n) is 12.3. The van der Waals surface area contributed by atoms with Crippen LogP contribution in [0.1, 0.15) is 25.3 Å². The molecule has 120 valence electrons. The van der Waals surface area contributed by atoms with E-state index in [-0.39, 0.29) is 27.7 Å². The molecule has 1 fully saturated rings. The lowest BCUT2D eigenvalue weighted by Crippen LogP contribution is -2.42. The van der Waals surface area contributed by atoms with E-state index < -0.39 is 10.0 Å². The second-order valence-electron chi connectivity index (χ2n) is 5.82. The van der Waals surface area contributed by atoms with E-state index in [0.29, 0.717) is 6.54 Å². The Labute approximate surface area is 138 Å². The van der Waals surface area contributed by atoms with Crippen LogP contribution in [0.15, 0.2) is 23.1 Å². The molecule has 1 aromatic rings. The summed E-state index contributed by atoms with van der Waals surface area (Å²) >= 11 is 6.01. The summed E-state index contributed by atoms with van der Waals surface area (Å²) in [5, 5.41) is 3.55. The van der Waals surface area contributed by atoms with Gasteiger partial charge in [0.1, 0.15) is 4.90 Å². The van der Waals surface area contributed by atoms with Gasteiger partial charge in [0, 0.05) is 6.54 Å². The quantitative estimate of drug-likeness (QED) is 0.875. The SMILES string of the molecule is Cc1ccc(Cl)c(S(=O)(=O)NCC2(C)CCNCC2)c1.Cl. The van der Waals surface area contributed by atoms with Gasteiger partial charge >= 0.3 is 0 Å². The van der Waals surface area contributed by atoms with Crippen LogP contribution in [0.5, 0.6) is 0 Å². The number of rotatable bonds is 4. The minimum atomic E-state index is -3.55. The largest absolute Gasteiger partial charge is 0.317 e. The molecule has 0 spiro atoms. The maximum Gasteiger partial charge on any atom is 0.242 e. The molecular weight excluding hydrogens is 331 g/mol. The van der Waals surface area contributed by atoms with Gasteiger partial charge in [0.25, 0.3) is 0 Å². The van der Waals surface area contributed by atoms with Crippen molar-refractivity contribution in [3.8, 4) is 0 Å². The van der Waals surface area contributed by atoms with Crippen LogP contribution in [0.4, 0.5) is 0 Å². The molecule has 4 nitrogen and oxygen atoms in total. The molecule has 2 rings (SSSR count). The highest BCUT2D eigenvalue weighted by molar-refractivity contribution is 7.89. The summed E-state index contributed by atoms with van der Waals surface area (Å²) in [6.07, 6.45) is 1.94.